The Morgan fingerprint density at radius 1 is 1.24 bits per heavy atom. The number of carbonyl (C=O) groups excluding carboxylic acids is 2. The van der Waals surface area contributed by atoms with E-state index in [1.165, 1.54) is 16.2 Å². The second-order valence-electron chi connectivity index (χ2n) is 10.8. The lowest BCUT2D eigenvalue weighted by atomic mass is 9.75. The first kappa shape index (κ1) is 23.6. The smallest absolute Gasteiger partial charge is 0.329 e. The van der Waals surface area contributed by atoms with Crippen LogP contribution >= 0.6 is 11.3 Å². The minimum atomic E-state index is -1.44. The maximum atomic E-state index is 14.1. The minimum Gasteiger partial charge on any atom is -0.479 e. The van der Waals surface area contributed by atoms with Crippen molar-refractivity contribution in [2.24, 2.45) is 17.8 Å². The summed E-state index contributed by atoms with van der Waals surface area (Å²) >= 11 is 1.37. The van der Waals surface area contributed by atoms with Gasteiger partial charge in [-0.15, -0.1) is 11.3 Å². The Morgan fingerprint density at radius 3 is 2.42 bits per heavy atom. The van der Waals surface area contributed by atoms with Crippen molar-refractivity contribution in [2.45, 2.75) is 70.9 Å². The molecular weight excluding hydrogens is 436 g/mol. The molecule has 6 nitrogen and oxygen atoms in total. The Hall–Kier alpha value is -2.54. The normalized spacial score (nSPS) is 27.3. The zero-order valence-corrected chi connectivity index (χ0v) is 20.7. The van der Waals surface area contributed by atoms with Crippen LogP contribution in [0.25, 0.3) is 0 Å². The molecule has 1 aliphatic carbocycles. The summed E-state index contributed by atoms with van der Waals surface area (Å²) in [5.74, 6) is -2.26. The first-order chi connectivity index (χ1) is 15.5. The molecule has 2 aliphatic rings. The standard InChI is InChI=1S/C26H32N2O4S/c1-15(2)14-26(24(31)32)18-10-11-19(29)20(18)21(22-27-12-13-33-22)28(26)23(30)16-6-8-17(9-7-16)25(3,4)5/h6-9,12-13,15,18,20-21H,10-11,14H2,1-5H3,(H,31,32)/t18-,20-,21-,26+/m1/s1. The van der Waals surface area contributed by atoms with Gasteiger partial charge in [-0.25, -0.2) is 9.78 Å². The molecule has 2 aromatic rings. The van der Waals surface area contributed by atoms with Crippen molar-refractivity contribution in [2.75, 3.05) is 0 Å². The number of aliphatic carboxylic acids is 1. The highest BCUT2D eigenvalue weighted by Gasteiger charge is 2.68. The molecule has 0 radical (unpaired) electrons. The Morgan fingerprint density at radius 2 is 1.91 bits per heavy atom. The van der Waals surface area contributed by atoms with Crippen LogP contribution in [0.2, 0.25) is 0 Å². The van der Waals surface area contributed by atoms with E-state index in [1.807, 2.05) is 31.4 Å². The molecule has 1 aromatic heterocycles. The maximum absolute atomic E-state index is 14.1. The number of hydrogen-bond acceptors (Lipinski definition) is 5. The van der Waals surface area contributed by atoms with Gasteiger partial charge in [-0.1, -0.05) is 46.8 Å². The van der Waals surface area contributed by atoms with Gasteiger partial charge in [0.1, 0.15) is 16.3 Å². The molecule has 1 saturated carbocycles. The van der Waals surface area contributed by atoms with E-state index in [1.54, 1.807) is 18.3 Å². The Bertz CT molecular complexity index is 1050. The Labute approximate surface area is 199 Å². The molecule has 2 heterocycles. The fourth-order valence-electron chi connectivity index (χ4n) is 5.81. The van der Waals surface area contributed by atoms with Crippen molar-refractivity contribution in [3.63, 3.8) is 0 Å². The Balaban J connectivity index is 1.89. The van der Waals surface area contributed by atoms with Gasteiger partial charge in [0.15, 0.2) is 0 Å². The lowest BCUT2D eigenvalue weighted by Gasteiger charge is -2.41. The molecule has 4 rings (SSSR count). The van der Waals surface area contributed by atoms with E-state index < -0.39 is 29.4 Å². The fourth-order valence-corrected chi connectivity index (χ4v) is 6.59. The summed E-state index contributed by atoms with van der Waals surface area (Å²) in [6, 6.07) is 6.76. The van der Waals surface area contributed by atoms with Gasteiger partial charge in [-0.2, -0.15) is 0 Å². The average Bonchev–Trinajstić information content (AvgIpc) is 3.44. The third kappa shape index (κ3) is 3.80. The molecule has 33 heavy (non-hydrogen) atoms. The molecule has 4 atom stereocenters. The number of benzene rings is 1. The molecule has 1 aromatic carbocycles. The summed E-state index contributed by atoms with van der Waals surface area (Å²) in [7, 11) is 0. The molecule has 0 unspecified atom stereocenters. The van der Waals surface area contributed by atoms with Crippen LogP contribution in [0.5, 0.6) is 0 Å². The van der Waals surface area contributed by atoms with Gasteiger partial charge in [0.2, 0.25) is 0 Å². The number of amides is 1. The van der Waals surface area contributed by atoms with Crippen LogP contribution in [0.1, 0.15) is 80.9 Å². The molecule has 1 saturated heterocycles. The van der Waals surface area contributed by atoms with Crippen LogP contribution in [0.4, 0.5) is 0 Å². The van der Waals surface area contributed by atoms with Crippen molar-refractivity contribution in [3.05, 3.63) is 52.0 Å². The van der Waals surface area contributed by atoms with Crippen molar-refractivity contribution >= 4 is 29.0 Å². The highest BCUT2D eigenvalue weighted by molar-refractivity contribution is 7.09. The second-order valence-corrected chi connectivity index (χ2v) is 11.7. The highest BCUT2D eigenvalue weighted by atomic mass is 32.1. The summed E-state index contributed by atoms with van der Waals surface area (Å²) in [6.07, 6.45) is 2.78. The summed E-state index contributed by atoms with van der Waals surface area (Å²) in [5.41, 5.74) is 0.0214. The number of fused-ring (bicyclic) bond motifs is 1. The zero-order valence-electron chi connectivity index (χ0n) is 19.9. The van der Waals surface area contributed by atoms with E-state index in [0.717, 1.165) is 5.56 Å². The van der Waals surface area contributed by atoms with Crippen LogP contribution in [0, 0.1) is 17.8 Å². The number of Topliss-reactive ketones (excluding diaryl/α,β-unsaturated/α-hetero) is 1. The molecule has 1 aliphatic heterocycles. The first-order valence-corrected chi connectivity index (χ1v) is 12.5. The minimum absolute atomic E-state index is 0.0334. The number of rotatable bonds is 5. The number of likely N-dealkylation sites (tertiary alicyclic amines) is 1. The molecule has 2 fully saturated rings. The quantitative estimate of drug-likeness (QED) is 0.659. The first-order valence-electron chi connectivity index (χ1n) is 11.6. The van der Waals surface area contributed by atoms with Gasteiger partial charge in [-0.05, 0) is 41.9 Å². The third-order valence-electron chi connectivity index (χ3n) is 7.18. The lowest BCUT2D eigenvalue weighted by molar-refractivity contribution is -0.152. The highest BCUT2D eigenvalue weighted by Crippen LogP contribution is 2.59. The number of hydrogen-bond donors (Lipinski definition) is 1. The summed E-state index contributed by atoms with van der Waals surface area (Å²) < 4.78 is 0. The van der Waals surface area contributed by atoms with E-state index in [9.17, 15) is 19.5 Å². The van der Waals surface area contributed by atoms with Gasteiger partial charge in [0.05, 0.1) is 12.0 Å². The SMILES string of the molecule is CC(C)C[C@@]1(C(=O)O)[C@@H]2CCC(=O)[C@@H]2[C@H](c2nccs2)N1C(=O)c1ccc(C(C)(C)C)cc1. The largest absolute Gasteiger partial charge is 0.479 e. The third-order valence-corrected chi connectivity index (χ3v) is 8.03. The van der Waals surface area contributed by atoms with Crippen molar-refractivity contribution in [3.8, 4) is 0 Å². The van der Waals surface area contributed by atoms with Gasteiger partial charge >= 0.3 is 5.97 Å². The number of aromatic nitrogens is 1. The van der Waals surface area contributed by atoms with Crippen molar-refractivity contribution in [1.29, 1.82) is 0 Å². The number of carbonyl (C=O) groups is 3. The van der Waals surface area contributed by atoms with E-state index in [-0.39, 0.29) is 23.0 Å². The average molecular weight is 469 g/mol. The monoisotopic (exact) mass is 468 g/mol. The van der Waals surface area contributed by atoms with Gasteiger partial charge in [0, 0.05) is 29.5 Å². The zero-order chi connectivity index (χ0) is 24.1. The topological polar surface area (TPSA) is 87.6 Å². The van der Waals surface area contributed by atoms with Crippen molar-refractivity contribution in [1.82, 2.24) is 9.88 Å². The summed E-state index contributed by atoms with van der Waals surface area (Å²) in [5, 5.41) is 13.1. The predicted molar refractivity (Wildman–Crippen MR) is 127 cm³/mol. The number of thiazole rings is 1. The van der Waals surface area contributed by atoms with Crippen LogP contribution in [-0.2, 0) is 15.0 Å². The molecule has 0 spiro atoms. The van der Waals surface area contributed by atoms with Crippen molar-refractivity contribution < 1.29 is 19.5 Å². The number of carboxylic acid groups (broad SMARTS) is 1. The van der Waals surface area contributed by atoms with Gasteiger partial charge < -0.3 is 10.0 Å². The molecule has 1 N–H and O–H groups in total. The van der Waals surface area contributed by atoms with Gasteiger partial charge in [-0.3, -0.25) is 9.59 Å². The van der Waals surface area contributed by atoms with Crippen LogP contribution in [0.3, 0.4) is 0 Å². The fraction of sp³-hybridized carbons (Fsp3) is 0.538. The van der Waals surface area contributed by atoms with E-state index in [0.29, 0.717) is 29.8 Å². The number of ketones is 1. The molecule has 176 valence electrons. The maximum Gasteiger partial charge on any atom is 0.329 e. The Kier molecular flexibility index (Phi) is 5.97. The van der Waals surface area contributed by atoms with Crippen LogP contribution in [-0.4, -0.2) is 38.2 Å². The van der Waals surface area contributed by atoms with E-state index in [4.69, 9.17) is 0 Å². The van der Waals surface area contributed by atoms with E-state index >= 15 is 0 Å². The molecule has 7 heteroatoms. The summed E-state index contributed by atoms with van der Waals surface area (Å²) in [4.78, 5) is 46.1. The summed E-state index contributed by atoms with van der Waals surface area (Å²) in [6.45, 7) is 10.2. The molecule has 1 amide bonds. The van der Waals surface area contributed by atoms with E-state index in [2.05, 4.69) is 25.8 Å². The molecular formula is C26H32N2O4S. The number of nitrogens with zero attached hydrogens (tertiary/aromatic N) is 2. The van der Waals surface area contributed by atoms with Crippen LogP contribution < -0.4 is 0 Å². The predicted octanol–water partition coefficient (Wildman–Crippen LogP) is 5.10. The molecule has 0 bridgehead atoms. The van der Waals surface area contributed by atoms with Crippen LogP contribution in [0.15, 0.2) is 35.8 Å². The lowest BCUT2D eigenvalue weighted by Crippen LogP contribution is -2.57. The van der Waals surface area contributed by atoms with Gasteiger partial charge in [0.25, 0.3) is 5.91 Å². The number of carboxylic acids is 1. The second kappa shape index (κ2) is 8.35.